The highest BCUT2D eigenvalue weighted by atomic mass is 16.2. The average Bonchev–Trinajstić information content (AvgIpc) is 3.09. The fourth-order valence-corrected chi connectivity index (χ4v) is 3.73. The fraction of sp³-hybridized carbons (Fsp3) is 0.381. The Balaban J connectivity index is 1.27. The van der Waals surface area contributed by atoms with Crippen LogP contribution in [0.1, 0.15) is 11.1 Å². The Morgan fingerprint density at radius 1 is 1.04 bits per heavy atom. The summed E-state index contributed by atoms with van der Waals surface area (Å²) < 4.78 is 2.09. The number of nitrogens with zero attached hydrogens (tertiary/aromatic N) is 5. The zero-order chi connectivity index (χ0) is 19.5. The first-order valence-corrected chi connectivity index (χ1v) is 9.71. The Hall–Kier alpha value is -2.93. The van der Waals surface area contributed by atoms with Crippen LogP contribution in [0.4, 0.5) is 10.5 Å². The van der Waals surface area contributed by atoms with E-state index in [1.165, 1.54) is 0 Å². The summed E-state index contributed by atoms with van der Waals surface area (Å²) in [5.74, 6) is 0. The van der Waals surface area contributed by atoms with Gasteiger partial charge in [0.05, 0.1) is 6.33 Å². The second-order valence-electron chi connectivity index (χ2n) is 7.42. The summed E-state index contributed by atoms with van der Waals surface area (Å²) in [6.45, 7) is 9.08. The van der Waals surface area contributed by atoms with Crippen LogP contribution in [-0.4, -0.2) is 63.1 Å². The van der Waals surface area contributed by atoms with Crippen molar-refractivity contribution in [1.82, 2.24) is 24.3 Å². The van der Waals surface area contributed by atoms with Crippen LogP contribution in [0, 0.1) is 13.8 Å². The molecule has 2 amide bonds. The summed E-state index contributed by atoms with van der Waals surface area (Å²) >= 11 is 0. The molecule has 3 aromatic rings. The Labute approximate surface area is 165 Å². The van der Waals surface area contributed by atoms with Gasteiger partial charge in [-0.25, -0.2) is 14.8 Å². The van der Waals surface area contributed by atoms with Crippen molar-refractivity contribution >= 4 is 22.9 Å². The average molecular weight is 378 g/mol. The van der Waals surface area contributed by atoms with E-state index >= 15 is 0 Å². The number of anilines is 1. The zero-order valence-corrected chi connectivity index (χ0v) is 16.4. The SMILES string of the molecule is Cc1cc(C)cc(NC(=O)N2CCN(CCn3cnc4cccnc43)CC2)c1. The molecule has 1 aliphatic heterocycles. The molecule has 0 saturated carbocycles. The number of carbonyl (C=O) groups is 1. The lowest BCUT2D eigenvalue weighted by Gasteiger charge is -2.34. The summed E-state index contributed by atoms with van der Waals surface area (Å²) in [6, 6.07) is 9.98. The van der Waals surface area contributed by atoms with E-state index in [2.05, 4.69) is 30.8 Å². The van der Waals surface area contributed by atoms with Crippen LogP contribution in [0.3, 0.4) is 0 Å². The molecule has 0 radical (unpaired) electrons. The van der Waals surface area contributed by atoms with Crippen molar-refractivity contribution in [3.8, 4) is 0 Å². The first-order chi connectivity index (χ1) is 13.6. The second-order valence-corrected chi connectivity index (χ2v) is 7.42. The van der Waals surface area contributed by atoms with Gasteiger partial charge in [-0.2, -0.15) is 0 Å². The van der Waals surface area contributed by atoms with Crippen LogP contribution in [0.15, 0.2) is 42.9 Å². The minimum Gasteiger partial charge on any atom is -0.322 e. The smallest absolute Gasteiger partial charge is 0.321 e. The third kappa shape index (κ3) is 4.14. The predicted molar refractivity (Wildman–Crippen MR) is 110 cm³/mol. The number of nitrogens with one attached hydrogen (secondary N) is 1. The van der Waals surface area contributed by atoms with Crippen LogP contribution in [0.25, 0.3) is 11.2 Å². The topological polar surface area (TPSA) is 66.3 Å². The highest BCUT2D eigenvalue weighted by molar-refractivity contribution is 5.89. The van der Waals surface area contributed by atoms with Gasteiger partial charge in [-0.3, -0.25) is 4.90 Å². The summed E-state index contributed by atoms with van der Waals surface area (Å²) in [5, 5.41) is 3.03. The molecular weight excluding hydrogens is 352 g/mol. The van der Waals surface area contributed by atoms with Gasteiger partial charge in [0.1, 0.15) is 5.52 Å². The molecule has 2 aromatic heterocycles. The number of fused-ring (bicyclic) bond motifs is 1. The molecule has 1 fully saturated rings. The van der Waals surface area contributed by atoms with Gasteiger partial charge < -0.3 is 14.8 Å². The third-order valence-corrected chi connectivity index (χ3v) is 5.16. The number of hydrogen-bond acceptors (Lipinski definition) is 4. The Bertz CT molecular complexity index is 954. The van der Waals surface area contributed by atoms with Gasteiger partial charge >= 0.3 is 6.03 Å². The molecule has 1 saturated heterocycles. The Morgan fingerprint density at radius 3 is 2.54 bits per heavy atom. The van der Waals surface area contributed by atoms with Crippen LogP contribution in [0.2, 0.25) is 0 Å². The number of amides is 2. The molecular formula is C21H26N6O. The molecule has 7 nitrogen and oxygen atoms in total. The van der Waals surface area contributed by atoms with Gasteiger partial charge in [-0.1, -0.05) is 6.07 Å². The number of pyridine rings is 1. The van der Waals surface area contributed by atoms with Gasteiger partial charge in [0.25, 0.3) is 0 Å². The number of urea groups is 1. The van der Waals surface area contributed by atoms with Crippen LogP contribution >= 0.6 is 0 Å². The second kappa shape index (κ2) is 7.98. The lowest BCUT2D eigenvalue weighted by atomic mass is 10.1. The van der Waals surface area contributed by atoms with Crippen molar-refractivity contribution in [3.63, 3.8) is 0 Å². The molecule has 4 rings (SSSR count). The molecule has 1 aromatic carbocycles. The molecule has 0 bridgehead atoms. The van der Waals surface area contributed by atoms with Gasteiger partial charge in [0, 0.05) is 51.2 Å². The summed E-state index contributed by atoms with van der Waals surface area (Å²) in [6.07, 6.45) is 3.65. The van der Waals surface area contributed by atoms with Crippen molar-refractivity contribution in [1.29, 1.82) is 0 Å². The zero-order valence-electron chi connectivity index (χ0n) is 16.4. The number of rotatable bonds is 4. The first kappa shape index (κ1) is 18.4. The van der Waals surface area contributed by atoms with E-state index in [1.807, 2.05) is 49.3 Å². The van der Waals surface area contributed by atoms with Crippen molar-refractivity contribution in [2.45, 2.75) is 20.4 Å². The molecule has 146 valence electrons. The van der Waals surface area contributed by atoms with Crippen molar-refractivity contribution in [2.24, 2.45) is 0 Å². The van der Waals surface area contributed by atoms with Gasteiger partial charge in [-0.15, -0.1) is 0 Å². The van der Waals surface area contributed by atoms with E-state index in [4.69, 9.17) is 0 Å². The maximum absolute atomic E-state index is 12.6. The minimum atomic E-state index is -0.0190. The van der Waals surface area contributed by atoms with Crippen molar-refractivity contribution < 1.29 is 4.79 Å². The summed E-state index contributed by atoms with van der Waals surface area (Å²) in [5.41, 5.74) is 5.03. The largest absolute Gasteiger partial charge is 0.322 e. The van der Waals surface area contributed by atoms with Crippen molar-refractivity contribution in [2.75, 3.05) is 38.0 Å². The van der Waals surface area contributed by atoms with E-state index < -0.39 is 0 Å². The lowest BCUT2D eigenvalue weighted by Crippen LogP contribution is -2.50. The van der Waals surface area contributed by atoms with Crippen LogP contribution < -0.4 is 5.32 Å². The first-order valence-electron chi connectivity index (χ1n) is 9.71. The van der Waals surface area contributed by atoms with Crippen molar-refractivity contribution in [3.05, 3.63) is 54.0 Å². The highest BCUT2D eigenvalue weighted by Crippen LogP contribution is 2.15. The number of hydrogen-bond donors (Lipinski definition) is 1. The number of aromatic nitrogens is 3. The summed E-state index contributed by atoms with van der Waals surface area (Å²) in [4.78, 5) is 25.6. The normalized spacial score (nSPS) is 15.1. The fourth-order valence-electron chi connectivity index (χ4n) is 3.73. The molecule has 0 aliphatic carbocycles. The monoisotopic (exact) mass is 378 g/mol. The third-order valence-electron chi connectivity index (χ3n) is 5.16. The molecule has 1 N–H and O–H groups in total. The summed E-state index contributed by atoms with van der Waals surface area (Å²) in [7, 11) is 0. The van der Waals surface area contributed by atoms with E-state index in [-0.39, 0.29) is 6.03 Å². The minimum absolute atomic E-state index is 0.0190. The molecule has 0 unspecified atom stereocenters. The van der Waals surface area contributed by atoms with E-state index in [9.17, 15) is 4.79 Å². The number of piperazine rings is 1. The van der Waals surface area contributed by atoms with Gasteiger partial charge in [-0.05, 0) is 49.2 Å². The highest BCUT2D eigenvalue weighted by Gasteiger charge is 2.21. The van der Waals surface area contributed by atoms with E-state index in [0.717, 1.165) is 67.2 Å². The molecule has 0 spiro atoms. The predicted octanol–water partition coefficient (Wildman–Crippen LogP) is 2.90. The maximum Gasteiger partial charge on any atom is 0.321 e. The molecule has 28 heavy (non-hydrogen) atoms. The Morgan fingerprint density at radius 2 is 1.79 bits per heavy atom. The molecule has 7 heteroatoms. The number of benzene rings is 1. The van der Waals surface area contributed by atoms with E-state index in [1.54, 1.807) is 6.20 Å². The number of aryl methyl sites for hydroxylation is 2. The van der Waals surface area contributed by atoms with E-state index in [0.29, 0.717) is 0 Å². The standard InChI is InChI=1S/C21H26N6O/c1-16-12-17(2)14-18(13-16)24-21(28)26-9-6-25(7-10-26)8-11-27-15-23-19-4-3-5-22-20(19)27/h3-5,12-15H,6-11H2,1-2H3,(H,24,28). The van der Waals surface area contributed by atoms with Crippen LogP contribution in [0.5, 0.6) is 0 Å². The lowest BCUT2D eigenvalue weighted by molar-refractivity contribution is 0.144. The van der Waals surface area contributed by atoms with Gasteiger partial charge in [0.15, 0.2) is 5.65 Å². The number of carbonyl (C=O) groups excluding carboxylic acids is 1. The maximum atomic E-state index is 12.6. The number of imidazole rings is 1. The van der Waals surface area contributed by atoms with Crippen LogP contribution in [-0.2, 0) is 6.54 Å². The Kier molecular flexibility index (Phi) is 5.25. The molecule has 0 atom stereocenters. The van der Waals surface area contributed by atoms with Gasteiger partial charge in [0.2, 0.25) is 0 Å². The molecule has 3 heterocycles. The quantitative estimate of drug-likeness (QED) is 0.758. The molecule has 1 aliphatic rings.